The molecule has 2 amide bonds. The summed E-state index contributed by atoms with van der Waals surface area (Å²) in [5.74, 6) is -2.69. The molecule has 2 aliphatic carbocycles. The molecule has 2 aromatic carbocycles. The SMILES string of the molecule is N#CCNC(=O)[C@@H]1C[C@@H](S(=O)(=O)c2ccccc2Cl)C[C@H]1COc1ccc(=O)[nH]n1.N#CCNC(=O)[C@@H]1C[C@H](S(=O)(=O)c2ccccc2Cl)C[C@H]1COc1ccc(=O)[nH]n1. The molecule has 2 aliphatic rings. The molecule has 2 aromatic heterocycles. The number of nitriles is 2. The van der Waals surface area contributed by atoms with Crippen LogP contribution in [-0.2, 0) is 29.3 Å². The molecule has 2 saturated carbocycles. The van der Waals surface area contributed by atoms with Crippen LogP contribution in [0.4, 0.5) is 0 Å². The minimum Gasteiger partial charge on any atom is -0.476 e. The van der Waals surface area contributed by atoms with Gasteiger partial charge < -0.3 is 20.1 Å². The first-order valence-electron chi connectivity index (χ1n) is 18.3. The van der Waals surface area contributed by atoms with Gasteiger partial charge in [-0.2, -0.15) is 10.5 Å². The quantitative estimate of drug-likeness (QED) is 0.132. The summed E-state index contributed by atoms with van der Waals surface area (Å²) in [6.07, 6.45) is 0.527. The third-order valence-electron chi connectivity index (χ3n) is 10.0. The van der Waals surface area contributed by atoms with E-state index in [0.717, 1.165) is 0 Å². The van der Waals surface area contributed by atoms with E-state index in [1.165, 1.54) is 48.5 Å². The number of ether oxygens (including phenoxy) is 2. The lowest BCUT2D eigenvalue weighted by Crippen LogP contribution is -2.34. The molecule has 316 valence electrons. The normalized spacial score (nSPS) is 21.0. The molecule has 6 rings (SSSR count). The molecule has 2 fully saturated rings. The molecule has 4 aromatic rings. The highest BCUT2D eigenvalue weighted by Crippen LogP contribution is 2.41. The van der Waals surface area contributed by atoms with Gasteiger partial charge in [0.05, 0.1) is 55.7 Å². The van der Waals surface area contributed by atoms with Crippen LogP contribution in [0.15, 0.2) is 92.2 Å². The maximum atomic E-state index is 13.1. The van der Waals surface area contributed by atoms with Gasteiger partial charge in [0.25, 0.3) is 11.1 Å². The second-order valence-corrected chi connectivity index (χ2v) is 19.0. The molecule has 4 N–H and O–H groups in total. The number of H-pyrrole nitrogens is 2. The second-order valence-electron chi connectivity index (χ2n) is 13.8. The minimum atomic E-state index is -3.77. The minimum absolute atomic E-state index is 0.0247. The molecule has 0 aliphatic heterocycles. The van der Waals surface area contributed by atoms with Gasteiger partial charge in [0.2, 0.25) is 23.6 Å². The molecule has 0 radical (unpaired) electrons. The van der Waals surface area contributed by atoms with Gasteiger partial charge in [0, 0.05) is 47.9 Å². The number of amides is 2. The Morgan fingerprint density at radius 2 is 1.03 bits per heavy atom. The number of aromatic nitrogens is 4. The van der Waals surface area contributed by atoms with Gasteiger partial charge in [-0.15, -0.1) is 10.2 Å². The zero-order chi connectivity index (χ0) is 43.5. The smallest absolute Gasteiger partial charge is 0.264 e. The van der Waals surface area contributed by atoms with E-state index in [9.17, 15) is 36.0 Å². The number of hydrogen-bond acceptors (Lipinski definition) is 14. The van der Waals surface area contributed by atoms with E-state index >= 15 is 0 Å². The van der Waals surface area contributed by atoms with Crippen LogP contribution in [-0.4, -0.2) is 85.8 Å². The monoisotopic (exact) mass is 900 g/mol. The molecule has 0 saturated heterocycles. The summed E-state index contributed by atoms with van der Waals surface area (Å²) in [4.78, 5) is 47.4. The van der Waals surface area contributed by atoms with E-state index in [0.29, 0.717) is 0 Å². The molecule has 60 heavy (non-hydrogen) atoms. The first-order chi connectivity index (χ1) is 28.6. The molecular weight excluding hydrogens is 864 g/mol. The molecule has 0 spiro atoms. The lowest BCUT2D eigenvalue weighted by atomic mass is 9.96. The molecule has 0 bridgehead atoms. The van der Waals surface area contributed by atoms with Crippen molar-refractivity contribution in [2.24, 2.45) is 23.7 Å². The van der Waals surface area contributed by atoms with E-state index in [4.69, 9.17) is 43.2 Å². The largest absolute Gasteiger partial charge is 0.476 e. The standard InChI is InChI=1S/2C19H19ClN4O5S/c2*20-15-3-1-2-4-16(15)30(27,28)13-9-12(14(10-13)19(26)22-8-7-21)11-29-18-6-5-17(25)23-24-18/h2*1-6,12-14H,8-11H2,(H,22,26)(H,23,25)/t12-,13+,14+;12-,13-,14+/m00/s1. The van der Waals surface area contributed by atoms with Crippen molar-refractivity contribution in [3.63, 3.8) is 0 Å². The third kappa shape index (κ3) is 11.3. The Balaban J connectivity index is 0.000000228. The van der Waals surface area contributed by atoms with E-state index < -0.39 is 65.7 Å². The van der Waals surface area contributed by atoms with E-state index in [1.54, 1.807) is 24.3 Å². The molecule has 6 atom stereocenters. The summed E-state index contributed by atoms with van der Waals surface area (Å²) in [6.45, 7) is -0.297. The Kier molecular flexibility index (Phi) is 15.4. The fraction of sp³-hybridized carbons (Fsp3) is 0.368. The maximum Gasteiger partial charge on any atom is 0.264 e. The number of hydrogen-bond donors (Lipinski definition) is 4. The number of carbonyl (C=O) groups is 2. The van der Waals surface area contributed by atoms with Crippen molar-refractivity contribution in [1.29, 1.82) is 10.5 Å². The summed E-state index contributed by atoms with van der Waals surface area (Å²) in [5, 5.41) is 33.0. The lowest BCUT2D eigenvalue weighted by Gasteiger charge is -2.18. The van der Waals surface area contributed by atoms with Gasteiger partial charge in [-0.3, -0.25) is 19.2 Å². The summed E-state index contributed by atoms with van der Waals surface area (Å²) >= 11 is 12.2. The fourth-order valence-electron chi connectivity index (χ4n) is 7.10. The van der Waals surface area contributed by atoms with Gasteiger partial charge in [-0.25, -0.2) is 27.0 Å². The van der Waals surface area contributed by atoms with Crippen LogP contribution >= 0.6 is 23.2 Å². The highest BCUT2D eigenvalue weighted by molar-refractivity contribution is 7.92. The number of halogens is 2. The van der Waals surface area contributed by atoms with Gasteiger partial charge in [-0.05, 0) is 49.9 Å². The Morgan fingerprint density at radius 1 is 0.650 bits per heavy atom. The number of benzene rings is 2. The predicted octanol–water partition coefficient (Wildman–Crippen LogP) is 2.62. The van der Waals surface area contributed by atoms with Crippen LogP contribution in [0.5, 0.6) is 11.8 Å². The molecule has 2 heterocycles. The van der Waals surface area contributed by atoms with Crippen molar-refractivity contribution in [2.45, 2.75) is 46.0 Å². The van der Waals surface area contributed by atoms with Crippen molar-refractivity contribution < 1.29 is 35.9 Å². The predicted molar refractivity (Wildman–Crippen MR) is 215 cm³/mol. The fourth-order valence-corrected chi connectivity index (χ4v) is 11.9. The highest BCUT2D eigenvalue weighted by Gasteiger charge is 2.46. The maximum absolute atomic E-state index is 13.1. The number of nitrogens with zero attached hydrogens (tertiary/aromatic N) is 4. The average molecular weight is 902 g/mol. The van der Waals surface area contributed by atoms with Crippen molar-refractivity contribution in [3.8, 4) is 23.9 Å². The zero-order valence-corrected chi connectivity index (χ0v) is 34.6. The van der Waals surface area contributed by atoms with Crippen LogP contribution < -0.4 is 31.2 Å². The number of rotatable bonds is 14. The third-order valence-corrected chi connectivity index (χ3v) is 15.4. The summed E-state index contributed by atoms with van der Waals surface area (Å²) in [7, 11) is -7.55. The van der Waals surface area contributed by atoms with Crippen LogP contribution in [0.3, 0.4) is 0 Å². The highest BCUT2D eigenvalue weighted by atomic mass is 35.5. The first kappa shape index (κ1) is 45.3. The van der Waals surface area contributed by atoms with Crippen molar-refractivity contribution >= 4 is 54.7 Å². The summed E-state index contributed by atoms with van der Waals surface area (Å²) < 4.78 is 63.7. The second kappa shape index (κ2) is 20.4. The Morgan fingerprint density at radius 3 is 1.37 bits per heavy atom. The summed E-state index contributed by atoms with van der Waals surface area (Å²) in [6, 6.07) is 21.3. The Bertz CT molecular complexity index is 2390. The Hall–Kier alpha value is -5.80. The van der Waals surface area contributed by atoms with Crippen LogP contribution in [0, 0.1) is 46.3 Å². The number of carbonyl (C=O) groups excluding carboxylic acids is 2. The topological polar surface area (TPSA) is 284 Å². The van der Waals surface area contributed by atoms with Crippen LogP contribution in [0.1, 0.15) is 25.7 Å². The Labute approximate surface area is 354 Å². The molecular formula is C38H38Cl2N8O10S2. The van der Waals surface area contributed by atoms with Gasteiger partial charge >= 0.3 is 0 Å². The number of aromatic amines is 2. The van der Waals surface area contributed by atoms with E-state index in [-0.39, 0.29) is 94.7 Å². The van der Waals surface area contributed by atoms with Crippen molar-refractivity contribution in [1.82, 2.24) is 31.0 Å². The number of nitrogens with one attached hydrogen (secondary N) is 4. The molecule has 22 heteroatoms. The van der Waals surface area contributed by atoms with Gasteiger partial charge in [0.1, 0.15) is 13.1 Å². The molecule has 18 nitrogen and oxygen atoms in total. The van der Waals surface area contributed by atoms with Gasteiger partial charge in [0.15, 0.2) is 19.7 Å². The van der Waals surface area contributed by atoms with Crippen LogP contribution in [0.2, 0.25) is 10.0 Å². The number of sulfone groups is 2. The lowest BCUT2D eigenvalue weighted by molar-refractivity contribution is -0.126. The van der Waals surface area contributed by atoms with Crippen LogP contribution in [0.25, 0.3) is 0 Å². The first-order valence-corrected chi connectivity index (χ1v) is 22.1. The molecule has 0 unspecified atom stereocenters. The summed E-state index contributed by atoms with van der Waals surface area (Å²) in [5.41, 5.74) is -0.772. The van der Waals surface area contributed by atoms with Crippen molar-refractivity contribution in [3.05, 3.63) is 104 Å². The van der Waals surface area contributed by atoms with E-state index in [2.05, 4.69) is 31.0 Å². The zero-order valence-electron chi connectivity index (χ0n) is 31.5. The van der Waals surface area contributed by atoms with Gasteiger partial charge in [-0.1, -0.05) is 47.5 Å². The van der Waals surface area contributed by atoms with Crippen molar-refractivity contribution in [2.75, 3.05) is 26.3 Å². The van der Waals surface area contributed by atoms with E-state index in [1.807, 2.05) is 12.1 Å². The average Bonchev–Trinajstić information content (AvgIpc) is 3.88.